The molecule has 3 aromatic rings. The molecular weight excluding hydrogens is 398 g/mol. The number of ether oxygens (including phenoxy) is 2. The molecule has 0 fully saturated rings. The Kier molecular flexibility index (Phi) is 4.50. The summed E-state index contributed by atoms with van der Waals surface area (Å²) in [7, 11) is 3.27. The summed E-state index contributed by atoms with van der Waals surface area (Å²) in [4.78, 5) is 0. The van der Waals surface area contributed by atoms with E-state index in [1.54, 1.807) is 14.2 Å². The highest BCUT2D eigenvalue weighted by molar-refractivity contribution is 9.10. The third-order valence-electron chi connectivity index (χ3n) is 4.62. The van der Waals surface area contributed by atoms with E-state index in [1.807, 2.05) is 35.0 Å². The number of rotatable bonds is 4. The molecule has 0 spiro atoms. The lowest BCUT2D eigenvalue weighted by Gasteiger charge is -2.31. The lowest BCUT2D eigenvalue weighted by molar-refractivity contribution is 0.352. The summed E-state index contributed by atoms with van der Waals surface area (Å²) in [5, 5.41) is 15.6. The number of benzene rings is 2. The average Bonchev–Trinajstić information content (AvgIpc) is 3.16. The number of aromatic nitrogens is 4. The highest BCUT2D eigenvalue weighted by Gasteiger charge is 2.31. The Balaban J connectivity index is 1.72. The maximum Gasteiger partial charge on any atom is 0.243 e. The number of anilines is 1. The second-order valence-electron chi connectivity index (χ2n) is 6.06. The van der Waals surface area contributed by atoms with Gasteiger partial charge in [0, 0.05) is 4.47 Å². The number of nitrogens with zero attached hydrogens (tertiary/aromatic N) is 4. The summed E-state index contributed by atoms with van der Waals surface area (Å²) in [6.45, 7) is 0. The molecule has 2 heterocycles. The van der Waals surface area contributed by atoms with Gasteiger partial charge in [0.25, 0.3) is 0 Å². The van der Waals surface area contributed by atoms with Crippen LogP contribution in [-0.2, 0) is 0 Å². The topological polar surface area (TPSA) is 74.1 Å². The highest BCUT2D eigenvalue weighted by atomic mass is 79.9. The number of halogens is 1. The van der Waals surface area contributed by atoms with Crippen molar-refractivity contribution in [3.63, 3.8) is 0 Å². The van der Waals surface area contributed by atoms with Crippen LogP contribution in [0.1, 0.15) is 29.6 Å². The molecule has 0 amide bonds. The Morgan fingerprint density at radius 3 is 2.50 bits per heavy atom. The zero-order chi connectivity index (χ0) is 18.1. The van der Waals surface area contributed by atoms with Crippen molar-refractivity contribution in [2.24, 2.45) is 0 Å². The SMILES string of the molecule is COc1ccc([C@H]2C[C@@H](c3ccc(Br)cc3)Nc3nnnn32)cc1OC. The van der Waals surface area contributed by atoms with Gasteiger partial charge in [-0.3, -0.25) is 0 Å². The van der Waals surface area contributed by atoms with Gasteiger partial charge in [0.15, 0.2) is 11.5 Å². The molecule has 0 radical (unpaired) electrons. The lowest BCUT2D eigenvalue weighted by Crippen LogP contribution is -2.28. The zero-order valence-electron chi connectivity index (χ0n) is 14.4. The summed E-state index contributed by atoms with van der Waals surface area (Å²) in [5.41, 5.74) is 2.26. The van der Waals surface area contributed by atoms with Gasteiger partial charge in [-0.1, -0.05) is 39.2 Å². The standard InChI is InChI=1S/C18H18BrN5O2/c1-25-16-8-5-12(9-17(16)26-2)15-10-14(11-3-6-13(19)7-4-11)20-18-21-22-23-24(15)18/h3-9,14-15H,10H2,1-2H3,(H,20,21,23)/t14-,15+/m0/s1. The second-order valence-corrected chi connectivity index (χ2v) is 6.98. The monoisotopic (exact) mass is 415 g/mol. The zero-order valence-corrected chi connectivity index (χ0v) is 16.0. The first-order chi connectivity index (χ1) is 12.7. The van der Waals surface area contributed by atoms with Crippen molar-refractivity contribution in [3.8, 4) is 11.5 Å². The summed E-state index contributed by atoms with van der Waals surface area (Å²) < 4.78 is 13.7. The van der Waals surface area contributed by atoms with Crippen LogP contribution in [-0.4, -0.2) is 34.4 Å². The Labute approximate surface area is 159 Å². The number of nitrogens with one attached hydrogen (secondary N) is 1. The molecule has 8 heteroatoms. The maximum absolute atomic E-state index is 5.46. The molecule has 1 aromatic heterocycles. The molecule has 7 nitrogen and oxygen atoms in total. The minimum atomic E-state index is -0.00490. The molecule has 0 aliphatic carbocycles. The molecule has 0 bridgehead atoms. The van der Waals surface area contributed by atoms with E-state index < -0.39 is 0 Å². The van der Waals surface area contributed by atoms with E-state index in [0.29, 0.717) is 17.4 Å². The first kappa shape index (κ1) is 16.8. The Hall–Kier alpha value is -2.61. The molecule has 2 atom stereocenters. The largest absolute Gasteiger partial charge is 0.493 e. The van der Waals surface area contributed by atoms with Crippen molar-refractivity contribution in [3.05, 3.63) is 58.1 Å². The van der Waals surface area contributed by atoms with Crippen LogP contribution in [0.3, 0.4) is 0 Å². The molecule has 1 N–H and O–H groups in total. The first-order valence-electron chi connectivity index (χ1n) is 8.21. The van der Waals surface area contributed by atoms with Crippen LogP contribution in [0.15, 0.2) is 46.9 Å². The molecule has 1 aliphatic heterocycles. The predicted molar refractivity (Wildman–Crippen MR) is 101 cm³/mol. The second kappa shape index (κ2) is 6.95. The van der Waals surface area contributed by atoms with Crippen LogP contribution < -0.4 is 14.8 Å². The maximum atomic E-state index is 5.46. The molecule has 26 heavy (non-hydrogen) atoms. The van der Waals surface area contributed by atoms with Gasteiger partial charge >= 0.3 is 0 Å². The van der Waals surface area contributed by atoms with Crippen molar-refractivity contribution >= 4 is 21.9 Å². The van der Waals surface area contributed by atoms with Crippen LogP contribution in [0.2, 0.25) is 0 Å². The van der Waals surface area contributed by atoms with Crippen molar-refractivity contribution < 1.29 is 9.47 Å². The minimum absolute atomic E-state index is 0.00490. The van der Waals surface area contributed by atoms with Crippen LogP contribution in [0, 0.1) is 0 Å². The van der Waals surface area contributed by atoms with Crippen LogP contribution in [0.4, 0.5) is 5.95 Å². The third-order valence-corrected chi connectivity index (χ3v) is 5.14. The number of fused-ring (bicyclic) bond motifs is 1. The van der Waals surface area contributed by atoms with Crippen LogP contribution >= 0.6 is 15.9 Å². The van der Waals surface area contributed by atoms with Gasteiger partial charge in [0.2, 0.25) is 5.95 Å². The Morgan fingerprint density at radius 2 is 1.77 bits per heavy atom. The molecule has 0 saturated heterocycles. The van der Waals surface area contributed by atoms with E-state index in [2.05, 4.69) is 48.9 Å². The lowest BCUT2D eigenvalue weighted by atomic mass is 9.93. The summed E-state index contributed by atoms with van der Waals surface area (Å²) in [5.74, 6) is 2.05. The smallest absolute Gasteiger partial charge is 0.243 e. The number of hydrogen-bond donors (Lipinski definition) is 1. The van der Waals surface area contributed by atoms with Crippen molar-refractivity contribution in [1.29, 1.82) is 0 Å². The first-order valence-corrected chi connectivity index (χ1v) is 9.00. The van der Waals surface area contributed by atoms with Gasteiger partial charge in [-0.25, -0.2) is 4.68 Å². The molecule has 134 valence electrons. The van der Waals surface area contributed by atoms with Gasteiger partial charge < -0.3 is 14.8 Å². The van der Waals surface area contributed by atoms with Crippen molar-refractivity contribution in [2.75, 3.05) is 19.5 Å². The van der Waals surface area contributed by atoms with E-state index in [9.17, 15) is 0 Å². The number of methoxy groups -OCH3 is 2. The van der Waals surface area contributed by atoms with E-state index in [4.69, 9.17) is 9.47 Å². The van der Waals surface area contributed by atoms with Gasteiger partial charge in [-0.15, -0.1) is 0 Å². The van der Waals surface area contributed by atoms with E-state index in [0.717, 1.165) is 16.5 Å². The summed E-state index contributed by atoms with van der Waals surface area (Å²) in [6.07, 6.45) is 0.815. The van der Waals surface area contributed by atoms with Gasteiger partial charge in [-0.2, -0.15) is 0 Å². The van der Waals surface area contributed by atoms with Crippen molar-refractivity contribution in [2.45, 2.75) is 18.5 Å². The quantitative estimate of drug-likeness (QED) is 0.701. The molecular formula is C18H18BrN5O2. The fourth-order valence-corrected chi connectivity index (χ4v) is 3.55. The molecule has 0 saturated carbocycles. The van der Waals surface area contributed by atoms with E-state index in [1.165, 1.54) is 5.56 Å². The highest BCUT2D eigenvalue weighted by Crippen LogP contribution is 2.39. The fraction of sp³-hybridized carbons (Fsp3) is 0.278. The molecule has 2 aromatic carbocycles. The van der Waals surface area contributed by atoms with E-state index in [-0.39, 0.29) is 12.1 Å². The van der Waals surface area contributed by atoms with Crippen molar-refractivity contribution in [1.82, 2.24) is 20.2 Å². The normalized spacial score (nSPS) is 18.7. The van der Waals surface area contributed by atoms with Gasteiger partial charge in [0.05, 0.1) is 26.3 Å². The van der Waals surface area contributed by atoms with Gasteiger partial charge in [0.1, 0.15) is 0 Å². The fourth-order valence-electron chi connectivity index (χ4n) is 3.29. The number of tetrazole rings is 1. The molecule has 4 rings (SSSR count). The minimum Gasteiger partial charge on any atom is -0.493 e. The average molecular weight is 416 g/mol. The Bertz CT molecular complexity index is 912. The summed E-state index contributed by atoms with van der Waals surface area (Å²) in [6, 6.07) is 14.3. The van der Waals surface area contributed by atoms with Crippen LogP contribution in [0.5, 0.6) is 11.5 Å². The van der Waals surface area contributed by atoms with Crippen LogP contribution in [0.25, 0.3) is 0 Å². The number of hydrogen-bond acceptors (Lipinski definition) is 6. The van der Waals surface area contributed by atoms with Gasteiger partial charge in [-0.05, 0) is 52.2 Å². The molecule has 1 aliphatic rings. The molecule has 0 unspecified atom stereocenters. The summed E-state index contributed by atoms with van der Waals surface area (Å²) >= 11 is 3.48. The predicted octanol–water partition coefficient (Wildman–Crippen LogP) is 3.60. The Morgan fingerprint density at radius 1 is 1.04 bits per heavy atom. The van der Waals surface area contributed by atoms with E-state index >= 15 is 0 Å². The third kappa shape index (κ3) is 3.01.